The Morgan fingerprint density at radius 3 is 2.68 bits per heavy atom. The van der Waals surface area contributed by atoms with Crippen LogP contribution in [0.25, 0.3) is 17.0 Å². The predicted octanol–water partition coefficient (Wildman–Crippen LogP) is 2.31. The maximum atomic E-state index is 11.3. The van der Waals surface area contributed by atoms with E-state index in [1.54, 1.807) is 17.7 Å². The summed E-state index contributed by atoms with van der Waals surface area (Å²) in [6.45, 7) is 1.70. The van der Waals surface area contributed by atoms with Crippen LogP contribution in [-0.4, -0.2) is 40.5 Å². The lowest BCUT2D eigenvalue weighted by Gasteiger charge is -2.09. The maximum absolute atomic E-state index is 11.3. The van der Waals surface area contributed by atoms with Crippen molar-refractivity contribution in [1.82, 2.24) is 34.7 Å². The summed E-state index contributed by atoms with van der Waals surface area (Å²) in [5.41, 5.74) is 2.68. The molecule has 4 aromatic rings. The van der Waals surface area contributed by atoms with Crippen LogP contribution < -0.4 is 4.74 Å². The fourth-order valence-electron chi connectivity index (χ4n) is 2.85. The second kappa shape index (κ2) is 7.35. The summed E-state index contributed by atoms with van der Waals surface area (Å²) >= 11 is 6.30. The number of pyridine rings is 1. The van der Waals surface area contributed by atoms with Gasteiger partial charge in [0.05, 0.1) is 16.2 Å². The minimum absolute atomic E-state index is 0.0526. The van der Waals surface area contributed by atoms with E-state index < -0.39 is 0 Å². The Bertz CT molecular complexity index is 1170. The van der Waals surface area contributed by atoms with Crippen LogP contribution in [0.4, 0.5) is 0 Å². The SMILES string of the molecule is CC(=O)Cc1cccc(COc2nc3c(Cl)cccc3n2-c2nnnn2C)n1. The molecule has 3 heterocycles. The van der Waals surface area contributed by atoms with Crippen molar-refractivity contribution >= 4 is 28.4 Å². The Hall–Kier alpha value is -3.33. The number of carbonyl (C=O) groups excluding carboxylic acids is 1. The fraction of sp³-hybridized carbons (Fsp3) is 0.222. The first-order valence-electron chi connectivity index (χ1n) is 8.49. The molecule has 0 aliphatic heterocycles. The zero-order chi connectivity index (χ0) is 19.7. The third-order valence-corrected chi connectivity index (χ3v) is 4.35. The van der Waals surface area contributed by atoms with Crippen molar-refractivity contribution in [3.63, 3.8) is 0 Å². The number of ether oxygens (including phenoxy) is 1. The van der Waals surface area contributed by atoms with Crippen LogP contribution in [0.5, 0.6) is 6.01 Å². The highest BCUT2D eigenvalue weighted by Gasteiger charge is 2.19. The molecule has 0 fully saturated rings. The van der Waals surface area contributed by atoms with Gasteiger partial charge in [-0.15, -0.1) is 0 Å². The Balaban J connectivity index is 1.70. The molecule has 0 atom stereocenters. The highest BCUT2D eigenvalue weighted by atomic mass is 35.5. The first-order valence-corrected chi connectivity index (χ1v) is 8.87. The van der Waals surface area contributed by atoms with Gasteiger partial charge in [-0.25, -0.2) is 9.25 Å². The number of aromatic nitrogens is 7. The lowest BCUT2D eigenvalue weighted by Crippen LogP contribution is -2.09. The lowest BCUT2D eigenvalue weighted by molar-refractivity contribution is -0.116. The number of para-hydroxylation sites is 1. The van der Waals surface area contributed by atoms with Crippen LogP contribution >= 0.6 is 11.6 Å². The first kappa shape index (κ1) is 18.1. The summed E-state index contributed by atoms with van der Waals surface area (Å²) in [7, 11) is 1.72. The largest absolute Gasteiger partial charge is 0.458 e. The molecule has 142 valence electrons. The molecule has 0 N–H and O–H groups in total. The van der Waals surface area contributed by atoms with E-state index in [1.807, 2.05) is 30.3 Å². The Morgan fingerprint density at radius 1 is 1.14 bits per heavy atom. The van der Waals surface area contributed by atoms with Gasteiger partial charge in [-0.1, -0.05) is 28.8 Å². The molecule has 1 aromatic carbocycles. The number of ketones is 1. The number of hydrogen-bond donors (Lipinski definition) is 0. The predicted molar refractivity (Wildman–Crippen MR) is 101 cm³/mol. The zero-order valence-corrected chi connectivity index (χ0v) is 16.0. The third kappa shape index (κ3) is 3.44. The van der Waals surface area contributed by atoms with Gasteiger partial charge in [0.15, 0.2) is 0 Å². The highest BCUT2D eigenvalue weighted by Crippen LogP contribution is 2.29. The van der Waals surface area contributed by atoms with Gasteiger partial charge in [-0.3, -0.25) is 9.78 Å². The van der Waals surface area contributed by atoms with E-state index in [0.29, 0.717) is 33.9 Å². The maximum Gasteiger partial charge on any atom is 0.305 e. The Kier molecular flexibility index (Phi) is 4.74. The average Bonchev–Trinajstić information content (AvgIpc) is 3.23. The summed E-state index contributed by atoms with van der Waals surface area (Å²) < 4.78 is 9.15. The summed E-state index contributed by atoms with van der Waals surface area (Å²) in [5.74, 6) is 0.495. The summed E-state index contributed by atoms with van der Waals surface area (Å²) in [6, 6.07) is 11.2. The van der Waals surface area contributed by atoms with Gasteiger partial charge in [0.25, 0.3) is 5.95 Å². The van der Waals surface area contributed by atoms with E-state index in [-0.39, 0.29) is 18.8 Å². The van der Waals surface area contributed by atoms with Gasteiger partial charge < -0.3 is 4.74 Å². The Labute approximate surface area is 164 Å². The van der Waals surface area contributed by atoms with Crippen molar-refractivity contribution in [2.24, 2.45) is 7.05 Å². The molecule has 0 aliphatic rings. The molecular weight excluding hydrogens is 382 g/mol. The first-order chi connectivity index (χ1) is 13.5. The minimum Gasteiger partial charge on any atom is -0.458 e. The van der Waals surface area contributed by atoms with Gasteiger partial charge in [-0.05, 0) is 41.6 Å². The van der Waals surface area contributed by atoms with E-state index in [2.05, 4.69) is 25.5 Å². The molecule has 9 nitrogen and oxygen atoms in total. The average molecular weight is 398 g/mol. The molecule has 0 unspecified atom stereocenters. The number of Topliss-reactive ketones (excluding diaryl/α,β-unsaturated/α-hetero) is 1. The number of imidazole rings is 1. The number of halogens is 1. The van der Waals surface area contributed by atoms with Crippen molar-refractivity contribution in [2.45, 2.75) is 20.0 Å². The molecule has 10 heteroatoms. The fourth-order valence-corrected chi connectivity index (χ4v) is 3.06. The molecule has 0 aliphatic carbocycles. The number of tetrazole rings is 1. The molecule has 3 aromatic heterocycles. The number of fused-ring (bicyclic) bond motifs is 1. The monoisotopic (exact) mass is 397 g/mol. The smallest absolute Gasteiger partial charge is 0.305 e. The quantitative estimate of drug-likeness (QED) is 0.492. The number of rotatable bonds is 6. The van der Waals surface area contributed by atoms with E-state index in [9.17, 15) is 4.79 Å². The van der Waals surface area contributed by atoms with Crippen molar-refractivity contribution in [2.75, 3.05) is 0 Å². The number of hydrogen-bond acceptors (Lipinski definition) is 7. The Morgan fingerprint density at radius 2 is 1.93 bits per heavy atom. The van der Waals surface area contributed by atoms with Gasteiger partial charge >= 0.3 is 6.01 Å². The van der Waals surface area contributed by atoms with Crippen molar-refractivity contribution in [1.29, 1.82) is 0 Å². The van der Waals surface area contributed by atoms with E-state index in [4.69, 9.17) is 16.3 Å². The van der Waals surface area contributed by atoms with Gasteiger partial charge in [0.1, 0.15) is 17.9 Å². The van der Waals surface area contributed by atoms with Crippen molar-refractivity contribution in [3.8, 4) is 12.0 Å². The topological polar surface area (TPSA) is 101 Å². The van der Waals surface area contributed by atoms with E-state index in [0.717, 1.165) is 5.52 Å². The van der Waals surface area contributed by atoms with Gasteiger partial charge in [0, 0.05) is 19.2 Å². The summed E-state index contributed by atoms with van der Waals surface area (Å²) in [6.07, 6.45) is 0.284. The molecule has 0 amide bonds. The minimum atomic E-state index is 0.0526. The molecule has 4 rings (SSSR count). The van der Waals surface area contributed by atoms with Crippen molar-refractivity contribution in [3.05, 3.63) is 52.8 Å². The second-order valence-electron chi connectivity index (χ2n) is 6.23. The molecule has 0 spiro atoms. The van der Waals surface area contributed by atoms with Crippen LogP contribution in [0.3, 0.4) is 0 Å². The van der Waals surface area contributed by atoms with Crippen LogP contribution in [0.15, 0.2) is 36.4 Å². The molecule has 0 bridgehead atoms. The molecule has 0 saturated heterocycles. The molecular formula is C18H16ClN7O2. The summed E-state index contributed by atoms with van der Waals surface area (Å²) in [4.78, 5) is 20.3. The highest BCUT2D eigenvalue weighted by molar-refractivity contribution is 6.35. The second-order valence-corrected chi connectivity index (χ2v) is 6.63. The van der Waals surface area contributed by atoms with E-state index >= 15 is 0 Å². The third-order valence-electron chi connectivity index (χ3n) is 4.05. The van der Waals surface area contributed by atoms with E-state index in [1.165, 1.54) is 11.6 Å². The molecule has 28 heavy (non-hydrogen) atoms. The summed E-state index contributed by atoms with van der Waals surface area (Å²) in [5, 5.41) is 12.1. The number of carbonyl (C=O) groups is 1. The normalized spacial score (nSPS) is 11.1. The van der Waals surface area contributed by atoms with Crippen LogP contribution in [-0.2, 0) is 24.9 Å². The molecule has 0 radical (unpaired) electrons. The lowest BCUT2D eigenvalue weighted by atomic mass is 10.2. The van der Waals surface area contributed by atoms with Crippen molar-refractivity contribution < 1.29 is 9.53 Å². The number of aryl methyl sites for hydroxylation is 1. The van der Waals surface area contributed by atoms with Crippen LogP contribution in [0.1, 0.15) is 18.3 Å². The zero-order valence-electron chi connectivity index (χ0n) is 15.2. The molecule has 0 saturated carbocycles. The van der Waals surface area contributed by atoms with Crippen LogP contribution in [0.2, 0.25) is 5.02 Å². The van der Waals surface area contributed by atoms with Gasteiger partial charge in [0.2, 0.25) is 0 Å². The van der Waals surface area contributed by atoms with Crippen LogP contribution in [0, 0.1) is 0 Å². The number of benzene rings is 1. The van der Waals surface area contributed by atoms with Gasteiger partial charge in [-0.2, -0.15) is 4.98 Å². The number of nitrogens with zero attached hydrogens (tertiary/aromatic N) is 7. The standard InChI is InChI=1S/C18H16ClN7O2/c1-11(27)9-12-5-3-6-13(20-12)10-28-18-21-16-14(19)7-4-8-15(16)26(18)17-22-23-24-25(17)2/h3-8H,9-10H2,1-2H3.